The molecule has 0 aliphatic carbocycles. The third-order valence-electron chi connectivity index (χ3n) is 2.68. The van der Waals surface area contributed by atoms with Gasteiger partial charge in [0.25, 0.3) is 0 Å². The van der Waals surface area contributed by atoms with E-state index in [2.05, 4.69) is 67.1 Å². The van der Waals surface area contributed by atoms with Gasteiger partial charge in [-0.3, -0.25) is 0 Å². The van der Waals surface area contributed by atoms with Crippen LogP contribution in [0.4, 0.5) is 0 Å². The minimum atomic E-state index is 0.525. The normalized spacial score (nSPS) is 11.5. The van der Waals surface area contributed by atoms with Crippen molar-refractivity contribution >= 4 is 27.7 Å². The maximum Gasteiger partial charge on any atom is 0.0219 e. The lowest BCUT2D eigenvalue weighted by Gasteiger charge is -2.13. The smallest absolute Gasteiger partial charge is 0.0219 e. The molecule has 0 unspecified atom stereocenters. The van der Waals surface area contributed by atoms with E-state index in [1.165, 1.54) is 22.6 Å². The first-order valence-electron chi connectivity index (χ1n) is 6.63. The van der Waals surface area contributed by atoms with E-state index in [9.17, 15) is 0 Å². The summed E-state index contributed by atoms with van der Waals surface area (Å²) in [6.07, 6.45) is 1.28. The van der Waals surface area contributed by atoms with Gasteiger partial charge in [0, 0.05) is 22.0 Å². The van der Waals surface area contributed by atoms with Gasteiger partial charge in [-0.25, -0.2) is 0 Å². The highest BCUT2D eigenvalue weighted by molar-refractivity contribution is 9.10. The predicted molar refractivity (Wildman–Crippen MR) is 86.3 cm³/mol. The summed E-state index contributed by atoms with van der Waals surface area (Å²) in [5, 5.41) is 3.49. The molecule has 1 nitrogen and oxygen atoms in total. The molecule has 1 aromatic rings. The lowest BCUT2D eigenvalue weighted by Crippen LogP contribution is -2.22. The van der Waals surface area contributed by atoms with Gasteiger partial charge in [0.1, 0.15) is 0 Å². The van der Waals surface area contributed by atoms with E-state index in [1.54, 1.807) is 0 Å². The Kier molecular flexibility index (Phi) is 7.35. The quantitative estimate of drug-likeness (QED) is 0.699. The fraction of sp³-hybridized carbons (Fsp3) is 0.600. The Morgan fingerprint density at radius 3 is 2.56 bits per heavy atom. The molecule has 0 bridgehead atoms. The van der Waals surface area contributed by atoms with Gasteiger partial charge < -0.3 is 5.32 Å². The SMILES string of the molecule is CC(C)CCSc1ccc(Br)cc1CNC(C)C. The van der Waals surface area contributed by atoms with Crippen LogP contribution in [0.5, 0.6) is 0 Å². The second-order valence-electron chi connectivity index (χ2n) is 5.32. The second kappa shape index (κ2) is 8.23. The average Bonchev–Trinajstić information content (AvgIpc) is 2.28. The third kappa shape index (κ3) is 6.26. The van der Waals surface area contributed by atoms with E-state index in [1.807, 2.05) is 11.8 Å². The molecule has 0 heterocycles. The Hall–Kier alpha value is 0.01000. The zero-order chi connectivity index (χ0) is 13.5. The third-order valence-corrected chi connectivity index (χ3v) is 4.32. The molecule has 1 rings (SSSR count). The monoisotopic (exact) mass is 329 g/mol. The maximum absolute atomic E-state index is 3.56. The zero-order valence-corrected chi connectivity index (χ0v) is 14.2. The van der Waals surface area contributed by atoms with Crippen molar-refractivity contribution in [3.05, 3.63) is 28.2 Å². The Morgan fingerprint density at radius 2 is 1.94 bits per heavy atom. The van der Waals surface area contributed by atoms with Crippen molar-refractivity contribution in [2.75, 3.05) is 5.75 Å². The van der Waals surface area contributed by atoms with Crippen molar-refractivity contribution in [3.8, 4) is 0 Å². The molecular weight excluding hydrogens is 306 g/mol. The number of benzene rings is 1. The van der Waals surface area contributed by atoms with Crippen LogP contribution in [0.3, 0.4) is 0 Å². The second-order valence-corrected chi connectivity index (χ2v) is 7.37. The number of nitrogens with one attached hydrogen (secondary N) is 1. The van der Waals surface area contributed by atoms with Crippen LogP contribution in [0.1, 0.15) is 39.7 Å². The Morgan fingerprint density at radius 1 is 1.22 bits per heavy atom. The molecule has 0 saturated heterocycles. The summed E-state index contributed by atoms with van der Waals surface area (Å²) in [5.41, 5.74) is 1.40. The molecule has 1 N–H and O–H groups in total. The van der Waals surface area contributed by atoms with Crippen molar-refractivity contribution in [2.24, 2.45) is 5.92 Å². The highest BCUT2D eigenvalue weighted by atomic mass is 79.9. The van der Waals surface area contributed by atoms with E-state index in [0.29, 0.717) is 6.04 Å². The van der Waals surface area contributed by atoms with Crippen LogP contribution >= 0.6 is 27.7 Å². The van der Waals surface area contributed by atoms with Crippen molar-refractivity contribution in [1.82, 2.24) is 5.32 Å². The fourth-order valence-electron chi connectivity index (χ4n) is 1.55. The van der Waals surface area contributed by atoms with Gasteiger partial charge in [-0.05, 0) is 41.9 Å². The van der Waals surface area contributed by atoms with Crippen molar-refractivity contribution < 1.29 is 0 Å². The molecule has 102 valence electrons. The zero-order valence-electron chi connectivity index (χ0n) is 11.8. The summed E-state index contributed by atoms with van der Waals surface area (Å²) in [7, 11) is 0. The molecule has 0 atom stereocenters. The molecule has 1 aromatic carbocycles. The van der Waals surface area contributed by atoms with E-state index < -0.39 is 0 Å². The minimum absolute atomic E-state index is 0.525. The van der Waals surface area contributed by atoms with Gasteiger partial charge in [-0.1, -0.05) is 43.6 Å². The van der Waals surface area contributed by atoms with Crippen LogP contribution in [0, 0.1) is 5.92 Å². The maximum atomic E-state index is 3.56. The highest BCUT2D eigenvalue weighted by Gasteiger charge is 2.05. The van der Waals surface area contributed by atoms with Crippen LogP contribution in [0.15, 0.2) is 27.6 Å². The summed E-state index contributed by atoms with van der Waals surface area (Å²) in [6.45, 7) is 9.88. The van der Waals surface area contributed by atoms with E-state index in [0.717, 1.165) is 16.9 Å². The van der Waals surface area contributed by atoms with Gasteiger partial charge in [0.15, 0.2) is 0 Å². The molecule has 0 saturated carbocycles. The molecule has 0 amide bonds. The molecular formula is C15H24BrNS. The minimum Gasteiger partial charge on any atom is -0.310 e. The molecule has 0 aliphatic heterocycles. The van der Waals surface area contributed by atoms with E-state index in [-0.39, 0.29) is 0 Å². The Bertz CT molecular complexity index is 364. The van der Waals surface area contributed by atoms with E-state index >= 15 is 0 Å². The van der Waals surface area contributed by atoms with Crippen LogP contribution in [0.2, 0.25) is 0 Å². The molecule has 18 heavy (non-hydrogen) atoms. The Labute approximate surface area is 124 Å². The van der Waals surface area contributed by atoms with Gasteiger partial charge in [-0.2, -0.15) is 0 Å². The van der Waals surface area contributed by atoms with Crippen LogP contribution in [-0.2, 0) is 6.54 Å². The first-order chi connectivity index (χ1) is 8.49. The van der Waals surface area contributed by atoms with Gasteiger partial charge in [0.05, 0.1) is 0 Å². The topological polar surface area (TPSA) is 12.0 Å². The van der Waals surface area contributed by atoms with E-state index in [4.69, 9.17) is 0 Å². The van der Waals surface area contributed by atoms with Crippen LogP contribution in [0.25, 0.3) is 0 Å². The van der Waals surface area contributed by atoms with Gasteiger partial charge >= 0.3 is 0 Å². The Balaban J connectivity index is 2.64. The molecule has 0 fully saturated rings. The molecule has 0 spiro atoms. The molecule has 0 radical (unpaired) electrons. The first-order valence-corrected chi connectivity index (χ1v) is 8.41. The standard InChI is InChI=1S/C15H24BrNS/c1-11(2)7-8-18-15-6-5-14(16)9-13(15)10-17-12(3)4/h5-6,9,11-12,17H,7-8,10H2,1-4H3. The first kappa shape index (κ1) is 16.1. The highest BCUT2D eigenvalue weighted by Crippen LogP contribution is 2.27. The van der Waals surface area contributed by atoms with Crippen LogP contribution < -0.4 is 5.32 Å². The van der Waals surface area contributed by atoms with Gasteiger partial charge in [-0.15, -0.1) is 11.8 Å². The lowest BCUT2D eigenvalue weighted by atomic mass is 10.2. The lowest BCUT2D eigenvalue weighted by molar-refractivity contribution is 0.584. The number of hydrogen-bond acceptors (Lipinski definition) is 2. The summed E-state index contributed by atoms with van der Waals surface area (Å²) in [4.78, 5) is 1.41. The molecule has 0 aliphatic rings. The number of rotatable bonds is 7. The summed E-state index contributed by atoms with van der Waals surface area (Å²) in [5.74, 6) is 1.98. The summed E-state index contributed by atoms with van der Waals surface area (Å²) < 4.78 is 1.16. The number of thioether (sulfide) groups is 1. The summed E-state index contributed by atoms with van der Waals surface area (Å²) in [6, 6.07) is 7.12. The van der Waals surface area contributed by atoms with Gasteiger partial charge in [0.2, 0.25) is 0 Å². The number of hydrogen-bond donors (Lipinski definition) is 1. The largest absolute Gasteiger partial charge is 0.310 e. The molecule has 0 aromatic heterocycles. The van der Waals surface area contributed by atoms with Crippen molar-refractivity contribution in [1.29, 1.82) is 0 Å². The van der Waals surface area contributed by atoms with Crippen molar-refractivity contribution in [2.45, 2.75) is 51.6 Å². The average molecular weight is 330 g/mol. The number of halogens is 1. The fourth-order valence-corrected chi connectivity index (χ4v) is 3.24. The van der Waals surface area contributed by atoms with Crippen LogP contribution in [-0.4, -0.2) is 11.8 Å². The molecule has 3 heteroatoms. The predicted octanol–water partition coefficient (Wildman–Crippen LogP) is 5.09. The summed E-state index contributed by atoms with van der Waals surface area (Å²) >= 11 is 5.53. The van der Waals surface area contributed by atoms with Crippen molar-refractivity contribution in [3.63, 3.8) is 0 Å².